The Balaban J connectivity index is 2.11. The van der Waals surface area contributed by atoms with Crippen molar-refractivity contribution in [1.29, 1.82) is 0 Å². The summed E-state index contributed by atoms with van der Waals surface area (Å²) >= 11 is 11.6. The Labute approximate surface area is 154 Å². The van der Waals surface area contributed by atoms with Crippen LogP contribution in [-0.4, -0.2) is 25.1 Å². The van der Waals surface area contributed by atoms with Crippen LogP contribution in [0.15, 0.2) is 53.7 Å². The Morgan fingerprint density at radius 1 is 0.920 bits per heavy atom. The molecular weight excluding hydrogens is 365 g/mol. The fraction of sp³-hybridized carbons (Fsp3) is 0.118. The maximum absolute atomic E-state index is 12.4. The zero-order valence-corrected chi connectivity index (χ0v) is 14.7. The number of hydrogen-bond acceptors (Lipinski definition) is 4. The van der Waals surface area contributed by atoms with Gasteiger partial charge in [0, 0.05) is 21.4 Å². The topological polar surface area (TPSA) is 79.8 Å². The molecule has 0 unspecified atom stereocenters. The van der Waals surface area contributed by atoms with Crippen LogP contribution in [-0.2, 0) is 14.4 Å². The first-order valence-electron chi connectivity index (χ1n) is 7.19. The van der Waals surface area contributed by atoms with Gasteiger partial charge < -0.3 is 15.5 Å². The molecule has 0 aliphatic carbocycles. The number of carbonyl (C=O) groups is 2. The number of carbonyl (C=O) groups excluding carboxylic acids is 2. The van der Waals surface area contributed by atoms with Crippen molar-refractivity contribution < 1.29 is 14.4 Å². The molecule has 2 N–H and O–H groups in total. The van der Waals surface area contributed by atoms with Gasteiger partial charge in [-0.15, -0.1) is 0 Å². The molecule has 2 amide bonds. The van der Waals surface area contributed by atoms with Gasteiger partial charge in [-0.05, 0) is 48.5 Å². The van der Waals surface area contributed by atoms with Crippen molar-refractivity contribution in [3.05, 3.63) is 58.6 Å². The third-order valence-electron chi connectivity index (χ3n) is 3.10. The predicted molar refractivity (Wildman–Crippen MR) is 99.2 cm³/mol. The highest BCUT2D eigenvalue weighted by molar-refractivity contribution is 6.31. The smallest absolute Gasteiger partial charge is 0.242 e. The Kier molecular flexibility index (Phi) is 6.80. The standard InChI is InChI=1S/C17H15Cl2N3O3/c1-25-20-10-15(16(23)21-13-6-2-11(18)3-7-13)17(24)22-14-8-4-12(19)5-9-14/h2-10,15H,1H3,(H,21,23)(H,22,24)/b20-10+. The molecule has 0 radical (unpaired) electrons. The normalized spacial score (nSPS) is 10.7. The van der Waals surface area contributed by atoms with E-state index in [0.29, 0.717) is 21.4 Å². The van der Waals surface area contributed by atoms with E-state index in [1.165, 1.54) is 7.11 Å². The molecular formula is C17H15Cl2N3O3. The van der Waals surface area contributed by atoms with E-state index in [4.69, 9.17) is 23.2 Å². The number of benzene rings is 2. The zero-order chi connectivity index (χ0) is 18.2. The molecule has 0 bridgehead atoms. The molecule has 2 rings (SSSR count). The lowest BCUT2D eigenvalue weighted by molar-refractivity contribution is -0.126. The largest absolute Gasteiger partial charge is 0.399 e. The molecule has 25 heavy (non-hydrogen) atoms. The lowest BCUT2D eigenvalue weighted by Gasteiger charge is -2.13. The van der Waals surface area contributed by atoms with Crippen molar-refractivity contribution in [3.63, 3.8) is 0 Å². The fourth-order valence-corrected chi connectivity index (χ4v) is 2.13. The second-order valence-corrected chi connectivity index (χ2v) is 5.78. The summed E-state index contributed by atoms with van der Waals surface area (Å²) in [7, 11) is 1.32. The molecule has 130 valence electrons. The minimum atomic E-state index is -1.19. The van der Waals surface area contributed by atoms with Crippen molar-refractivity contribution in [1.82, 2.24) is 0 Å². The maximum Gasteiger partial charge on any atom is 0.242 e. The second kappa shape index (κ2) is 9.05. The van der Waals surface area contributed by atoms with E-state index >= 15 is 0 Å². The number of halogens is 2. The molecule has 0 aliphatic heterocycles. The summed E-state index contributed by atoms with van der Waals surface area (Å²) < 4.78 is 0. The fourth-order valence-electron chi connectivity index (χ4n) is 1.88. The molecule has 0 aliphatic rings. The minimum absolute atomic E-state index is 0.504. The number of rotatable bonds is 6. The number of nitrogens with one attached hydrogen (secondary N) is 2. The highest BCUT2D eigenvalue weighted by Gasteiger charge is 2.25. The highest BCUT2D eigenvalue weighted by Crippen LogP contribution is 2.16. The lowest BCUT2D eigenvalue weighted by atomic mass is 10.1. The van der Waals surface area contributed by atoms with Gasteiger partial charge in [-0.1, -0.05) is 28.4 Å². The SMILES string of the molecule is CO/N=C/C(C(=O)Nc1ccc(Cl)cc1)C(=O)Nc1ccc(Cl)cc1. The summed E-state index contributed by atoms with van der Waals surface area (Å²) in [4.78, 5) is 29.4. The maximum atomic E-state index is 12.4. The van der Waals surface area contributed by atoms with Crippen LogP contribution in [0.5, 0.6) is 0 Å². The molecule has 0 heterocycles. The summed E-state index contributed by atoms with van der Waals surface area (Å²) in [6, 6.07) is 13.0. The third-order valence-corrected chi connectivity index (χ3v) is 3.61. The minimum Gasteiger partial charge on any atom is -0.399 e. The molecule has 2 aromatic carbocycles. The van der Waals surface area contributed by atoms with Crippen molar-refractivity contribution in [2.24, 2.45) is 11.1 Å². The van der Waals surface area contributed by atoms with E-state index in [2.05, 4.69) is 20.6 Å². The van der Waals surface area contributed by atoms with Crippen LogP contribution in [0.4, 0.5) is 11.4 Å². The van der Waals surface area contributed by atoms with Crippen LogP contribution in [0.3, 0.4) is 0 Å². The van der Waals surface area contributed by atoms with E-state index in [0.717, 1.165) is 6.21 Å². The number of anilines is 2. The summed E-state index contributed by atoms with van der Waals surface area (Å²) in [5.74, 6) is -2.31. The van der Waals surface area contributed by atoms with Crippen LogP contribution in [0.2, 0.25) is 10.0 Å². The molecule has 0 saturated heterocycles. The Hall–Kier alpha value is -2.57. The Morgan fingerprint density at radius 2 is 1.32 bits per heavy atom. The molecule has 6 nitrogen and oxygen atoms in total. The van der Waals surface area contributed by atoms with Gasteiger partial charge in [0.2, 0.25) is 11.8 Å². The van der Waals surface area contributed by atoms with Gasteiger partial charge in [-0.2, -0.15) is 0 Å². The summed E-state index contributed by atoms with van der Waals surface area (Å²) in [6.45, 7) is 0. The molecule has 0 aromatic heterocycles. The van der Waals surface area contributed by atoms with Crippen molar-refractivity contribution in [2.75, 3.05) is 17.7 Å². The van der Waals surface area contributed by atoms with Crippen LogP contribution >= 0.6 is 23.2 Å². The van der Waals surface area contributed by atoms with Crippen LogP contribution < -0.4 is 10.6 Å². The molecule has 8 heteroatoms. The molecule has 2 aromatic rings. The predicted octanol–water partition coefficient (Wildman–Crippen LogP) is 3.82. The van der Waals surface area contributed by atoms with Crippen LogP contribution in [0, 0.1) is 5.92 Å². The molecule has 0 atom stereocenters. The second-order valence-electron chi connectivity index (χ2n) is 4.91. The monoisotopic (exact) mass is 379 g/mol. The Morgan fingerprint density at radius 3 is 1.68 bits per heavy atom. The van der Waals surface area contributed by atoms with Crippen molar-refractivity contribution in [3.8, 4) is 0 Å². The van der Waals surface area contributed by atoms with Gasteiger partial charge in [-0.25, -0.2) is 0 Å². The molecule has 0 spiro atoms. The van der Waals surface area contributed by atoms with Crippen molar-refractivity contribution >= 4 is 52.6 Å². The van der Waals surface area contributed by atoms with Gasteiger partial charge in [0.1, 0.15) is 7.11 Å². The van der Waals surface area contributed by atoms with Gasteiger partial charge >= 0.3 is 0 Å². The number of nitrogens with zero attached hydrogens (tertiary/aromatic N) is 1. The lowest BCUT2D eigenvalue weighted by Crippen LogP contribution is -2.35. The Bertz CT molecular complexity index is 702. The zero-order valence-electron chi connectivity index (χ0n) is 13.2. The average molecular weight is 380 g/mol. The van der Waals surface area contributed by atoms with E-state index < -0.39 is 17.7 Å². The third kappa shape index (κ3) is 5.77. The molecule has 0 saturated carbocycles. The van der Waals surface area contributed by atoms with Gasteiger partial charge in [0.15, 0.2) is 5.92 Å². The van der Waals surface area contributed by atoms with E-state index in [-0.39, 0.29) is 0 Å². The first-order chi connectivity index (χ1) is 12.0. The summed E-state index contributed by atoms with van der Waals surface area (Å²) in [5, 5.41) is 9.87. The van der Waals surface area contributed by atoms with Crippen molar-refractivity contribution in [2.45, 2.75) is 0 Å². The number of amides is 2. The van der Waals surface area contributed by atoms with E-state index in [1.807, 2.05) is 0 Å². The average Bonchev–Trinajstić information content (AvgIpc) is 2.59. The van der Waals surface area contributed by atoms with Gasteiger partial charge in [-0.3, -0.25) is 9.59 Å². The first kappa shape index (κ1) is 18.8. The quantitative estimate of drug-likeness (QED) is 0.454. The summed E-state index contributed by atoms with van der Waals surface area (Å²) in [6.07, 6.45) is 1.12. The highest BCUT2D eigenvalue weighted by atomic mass is 35.5. The number of oxime groups is 1. The van der Waals surface area contributed by atoms with Crippen LogP contribution in [0.1, 0.15) is 0 Å². The molecule has 0 fully saturated rings. The van der Waals surface area contributed by atoms with E-state index in [9.17, 15) is 9.59 Å². The summed E-state index contributed by atoms with van der Waals surface area (Å²) in [5.41, 5.74) is 1.01. The van der Waals surface area contributed by atoms with Gasteiger partial charge in [0.25, 0.3) is 0 Å². The number of hydrogen-bond donors (Lipinski definition) is 2. The first-order valence-corrected chi connectivity index (χ1v) is 7.94. The van der Waals surface area contributed by atoms with Crippen LogP contribution in [0.25, 0.3) is 0 Å². The van der Waals surface area contributed by atoms with Gasteiger partial charge in [0.05, 0.1) is 6.21 Å². The van der Waals surface area contributed by atoms with E-state index in [1.54, 1.807) is 48.5 Å².